The molecule has 3 rings (SSSR count). The topological polar surface area (TPSA) is 60.9 Å². The van der Waals surface area contributed by atoms with Gasteiger partial charge in [-0.05, 0) is 30.7 Å². The zero-order chi connectivity index (χ0) is 22.4. The number of benzene rings is 2. The molecular weight excluding hydrogens is 417 g/mol. The summed E-state index contributed by atoms with van der Waals surface area (Å²) in [6.45, 7) is 7.35. The lowest BCUT2D eigenvalue weighted by Gasteiger charge is -2.23. The maximum Gasteiger partial charge on any atom is 0.253 e. The Kier molecular flexibility index (Phi) is 7.80. The van der Waals surface area contributed by atoms with Crippen LogP contribution >= 0.6 is 0 Å². The van der Waals surface area contributed by atoms with Crippen LogP contribution in [0.25, 0.3) is 0 Å². The largest absolute Gasteiger partial charge is 0.337 e. The smallest absolute Gasteiger partial charge is 0.253 e. The van der Waals surface area contributed by atoms with Crippen molar-refractivity contribution in [1.29, 1.82) is 0 Å². The first kappa shape index (κ1) is 23.4. The number of amides is 1. The standard InChI is InChI=1S/C23H30FN3O3S/c1-3-27(4-2)31(29,30)21-11-7-10-19(17-21)23(28)26-14-8-13-25(15-16-26)18-20-9-5-6-12-22(20)24/h5-7,9-12,17H,3-4,8,13-16,18H2,1-2H3. The summed E-state index contributed by atoms with van der Waals surface area (Å²) >= 11 is 0. The number of nitrogens with zero attached hydrogens (tertiary/aromatic N) is 3. The SMILES string of the molecule is CCN(CC)S(=O)(=O)c1cccc(C(=O)N2CCCN(Cc3ccccc3F)CC2)c1. The van der Waals surface area contributed by atoms with Crippen molar-refractivity contribution in [3.05, 3.63) is 65.5 Å². The summed E-state index contributed by atoms with van der Waals surface area (Å²) in [4.78, 5) is 17.1. The molecule has 0 aromatic heterocycles. The highest BCUT2D eigenvalue weighted by Gasteiger charge is 2.25. The molecule has 0 aliphatic carbocycles. The number of rotatable bonds is 7. The monoisotopic (exact) mass is 447 g/mol. The van der Waals surface area contributed by atoms with Gasteiger partial charge in [0.1, 0.15) is 5.82 Å². The van der Waals surface area contributed by atoms with E-state index >= 15 is 0 Å². The Balaban J connectivity index is 1.70. The molecule has 2 aromatic rings. The Morgan fingerprint density at radius 2 is 1.74 bits per heavy atom. The third-order valence-corrected chi connectivity index (χ3v) is 7.70. The third kappa shape index (κ3) is 5.50. The normalized spacial score (nSPS) is 15.8. The number of hydrogen-bond acceptors (Lipinski definition) is 4. The summed E-state index contributed by atoms with van der Waals surface area (Å²) in [6.07, 6.45) is 0.775. The van der Waals surface area contributed by atoms with Crippen molar-refractivity contribution >= 4 is 15.9 Å². The number of hydrogen-bond donors (Lipinski definition) is 0. The summed E-state index contributed by atoms with van der Waals surface area (Å²) in [7, 11) is -3.62. The molecule has 8 heteroatoms. The molecule has 1 saturated heterocycles. The Bertz CT molecular complexity index is 1010. The van der Waals surface area contributed by atoms with Crippen LogP contribution in [0.5, 0.6) is 0 Å². The van der Waals surface area contributed by atoms with E-state index in [2.05, 4.69) is 4.90 Å². The van der Waals surface area contributed by atoms with Crippen molar-refractivity contribution in [3.8, 4) is 0 Å². The fraction of sp³-hybridized carbons (Fsp3) is 0.435. The number of carbonyl (C=O) groups is 1. The highest BCUT2D eigenvalue weighted by Crippen LogP contribution is 2.19. The van der Waals surface area contributed by atoms with E-state index in [1.54, 1.807) is 43.0 Å². The van der Waals surface area contributed by atoms with Gasteiger partial charge < -0.3 is 4.90 Å². The fourth-order valence-electron chi connectivity index (χ4n) is 3.88. The van der Waals surface area contributed by atoms with E-state index in [-0.39, 0.29) is 16.6 Å². The maximum atomic E-state index is 14.0. The Morgan fingerprint density at radius 3 is 2.45 bits per heavy atom. The van der Waals surface area contributed by atoms with Gasteiger partial charge in [0, 0.05) is 56.9 Å². The quantitative estimate of drug-likeness (QED) is 0.654. The predicted molar refractivity (Wildman–Crippen MR) is 119 cm³/mol. The highest BCUT2D eigenvalue weighted by atomic mass is 32.2. The molecule has 168 valence electrons. The van der Waals surface area contributed by atoms with Crippen LogP contribution < -0.4 is 0 Å². The average molecular weight is 448 g/mol. The lowest BCUT2D eigenvalue weighted by Crippen LogP contribution is -2.35. The van der Waals surface area contributed by atoms with Crippen molar-refractivity contribution in [2.75, 3.05) is 39.3 Å². The number of sulfonamides is 1. The Hall–Kier alpha value is -2.29. The molecule has 2 aromatic carbocycles. The highest BCUT2D eigenvalue weighted by molar-refractivity contribution is 7.89. The third-order valence-electron chi connectivity index (χ3n) is 5.65. The van der Waals surface area contributed by atoms with E-state index in [4.69, 9.17) is 0 Å². The summed E-state index contributed by atoms with van der Waals surface area (Å²) in [5.74, 6) is -0.393. The van der Waals surface area contributed by atoms with E-state index in [9.17, 15) is 17.6 Å². The Labute approximate surface area is 184 Å². The minimum atomic E-state index is -3.62. The molecule has 31 heavy (non-hydrogen) atoms. The lowest BCUT2D eigenvalue weighted by atomic mass is 10.2. The summed E-state index contributed by atoms with van der Waals surface area (Å²) in [6, 6.07) is 13.0. The molecule has 0 atom stereocenters. The van der Waals surface area contributed by atoms with Gasteiger partial charge in [0.05, 0.1) is 4.90 Å². The van der Waals surface area contributed by atoms with E-state index < -0.39 is 10.0 Å². The van der Waals surface area contributed by atoms with Crippen LogP contribution in [0.1, 0.15) is 36.2 Å². The molecule has 0 N–H and O–H groups in total. The molecule has 1 aliphatic rings. The second-order valence-electron chi connectivity index (χ2n) is 7.63. The van der Waals surface area contributed by atoms with Crippen LogP contribution in [0.3, 0.4) is 0 Å². The maximum absolute atomic E-state index is 14.0. The van der Waals surface area contributed by atoms with Crippen LogP contribution in [0.2, 0.25) is 0 Å². The molecule has 1 aliphatic heterocycles. The first-order valence-electron chi connectivity index (χ1n) is 10.7. The molecule has 0 bridgehead atoms. The summed E-state index contributed by atoms with van der Waals surface area (Å²) < 4.78 is 41.0. The van der Waals surface area contributed by atoms with Crippen molar-refractivity contribution in [3.63, 3.8) is 0 Å². The van der Waals surface area contributed by atoms with Gasteiger partial charge in [-0.25, -0.2) is 12.8 Å². The van der Waals surface area contributed by atoms with Crippen LogP contribution in [-0.4, -0.2) is 67.7 Å². The van der Waals surface area contributed by atoms with E-state index in [0.717, 1.165) is 13.0 Å². The summed E-state index contributed by atoms with van der Waals surface area (Å²) in [5.41, 5.74) is 1.02. The first-order valence-corrected chi connectivity index (χ1v) is 12.2. The molecule has 1 amide bonds. The van der Waals surface area contributed by atoms with Crippen molar-refractivity contribution in [1.82, 2.24) is 14.1 Å². The second-order valence-corrected chi connectivity index (χ2v) is 9.57. The van der Waals surface area contributed by atoms with Crippen LogP contribution in [0.4, 0.5) is 4.39 Å². The van der Waals surface area contributed by atoms with Crippen LogP contribution in [0.15, 0.2) is 53.4 Å². The van der Waals surface area contributed by atoms with Crippen molar-refractivity contribution in [2.24, 2.45) is 0 Å². The van der Waals surface area contributed by atoms with E-state index in [1.165, 1.54) is 22.5 Å². The second kappa shape index (κ2) is 10.3. The fourth-order valence-corrected chi connectivity index (χ4v) is 5.39. The van der Waals surface area contributed by atoms with Gasteiger partial charge in [0.25, 0.3) is 5.91 Å². The average Bonchev–Trinajstić information content (AvgIpc) is 3.01. The first-order chi connectivity index (χ1) is 14.9. The number of carbonyl (C=O) groups excluding carboxylic acids is 1. The van der Waals surface area contributed by atoms with Crippen LogP contribution in [0, 0.1) is 5.82 Å². The van der Waals surface area contributed by atoms with Crippen LogP contribution in [-0.2, 0) is 16.6 Å². The minimum Gasteiger partial charge on any atom is -0.337 e. The molecule has 0 spiro atoms. The van der Waals surface area contributed by atoms with Crippen molar-refractivity contribution < 1.29 is 17.6 Å². The lowest BCUT2D eigenvalue weighted by molar-refractivity contribution is 0.0760. The molecule has 0 radical (unpaired) electrons. The summed E-state index contributed by atoms with van der Waals surface area (Å²) in [5, 5.41) is 0. The minimum absolute atomic E-state index is 0.137. The van der Waals surface area contributed by atoms with Crippen molar-refractivity contribution in [2.45, 2.75) is 31.7 Å². The van der Waals surface area contributed by atoms with Gasteiger partial charge in [-0.2, -0.15) is 4.31 Å². The van der Waals surface area contributed by atoms with Gasteiger partial charge in [0.2, 0.25) is 10.0 Å². The molecule has 0 saturated carbocycles. The molecule has 1 heterocycles. The zero-order valence-electron chi connectivity index (χ0n) is 18.1. The molecular formula is C23H30FN3O3S. The Morgan fingerprint density at radius 1 is 1.00 bits per heavy atom. The predicted octanol–water partition coefficient (Wildman–Crippen LogP) is 3.20. The van der Waals surface area contributed by atoms with Gasteiger partial charge in [-0.3, -0.25) is 9.69 Å². The zero-order valence-corrected chi connectivity index (χ0v) is 18.9. The van der Waals surface area contributed by atoms with E-state index in [1.807, 2.05) is 6.07 Å². The molecule has 0 unspecified atom stereocenters. The van der Waals surface area contributed by atoms with Gasteiger partial charge in [-0.15, -0.1) is 0 Å². The molecule has 6 nitrogen and oxygen atoms in total. The molecule has 1 fully saturated rings. The van der Waals surface area contributed by atoms with Gasteiger partial charge in [0.15, 0.2) is 0 Å². The number of halogens is 1. The van der Waals surface area contributed by atoms with Gasteiger partial charge >= 0.3 is 0 Å². The van der Waals surface area contributed by atoms with Gasteiger partial charge in [-0.1, -0.05) is 38.1 Å². The van der Waals surface area contributed by atoms with E-state index in [0.29, 0.717) is 50.4 Å².